The average Bonchev–Trinajstić information content (AvgIpc) is 2.55. The van der Waals surface area contributed by atoms with Crippen LogP contribution in [0.2, 0.25) is 0 Å². The molecular weight excluding hydrogens is 313 g/mol. The van der Waals surface area contributed by atoms with Crippen molar-refractivity contribution in [1.29, 1.82) is 0 Å². The number of carbonyl (C=O) groups excluding carboxylic acids is 1. The molecule has 0 bridgehead atoms. The molecule has 0 aliphatic heterocycles. The number of amides is 1. The van der Waals surface area contributed by atoms with Crippen molar-refractivity contribution in [3.63, 3.8) is 0 Å². The molecule has 3 heterocycles. The normalized spacial score (nSPS) is 10.2. The van der Waals surface area contributed by atoms with Gasteiger partial charge in [0.25, 0.3) is 5.91 Å². The molecule has 7 nitrogen and oxygen atoms in total. The van der Waals surface area contributed by atoms with Crippen molar-refractivity contribution in [2.45, 2.75) is 6.92 Å². The Labute approximate surface area is 136 Å². The number of halogens is 1. The predicted octanol–water partition coefficient (Wildman–Crippen LogP) is 2.76. The first kappa shape index (κ1) is 15.5. The van der Waals surface area contributed by atoms with E-state index >= 15 is 0 Å². The predicted molar refractivity (Wildman–Crippen MR) is 83.2 cm³/mol. The summed E-state index contributed by atoms with van der Waals surface area (Å²) in [7, 11) is 0. The van der Waals surface area contributed by atoms with Gasteiger partial charge in [0.15, 0.2) is 11.6 Å². The highest BCUT2D eigenvalue weighted by Crippen LogP contribution is 2.19. The summed E-state index contributed by atoms with van der Waals surface area (Å²) in [5, 5.41) is 2.58. The third kappa shape index (κ3) is 3.86. The Balaban J connectivity index is 1.74. The Morgan fingerprint density at radius 1 is 1.17 bits per heavy atom. The van der Waals surface area contributed by atoms with E-state index in [0.29, 0.717) is 0 Å². The van der Waals surface area contributed by atoms with Gasteiger partial charge >= 0.3 is 0 Å². The number of ether oxygens (including phenoxy) is 1. The Kier molecular flexibility index (Phi) is 4.37. The highest BCUT2D eigenvalue weighted by Gasteiger charge is 2.10. The minimum absolute atomic E-state index is 0.0948. The van der Waals surface area contributed by atoms with Crippen molar-refractivity contribution in [2.75, 3.05) is 5.32 Å². The van der Waals surface area contributed by atoms with E-state index in [1.54, 1.807) is 18.3 Å². The highest BCUT2D eigenvalue weighted by molar-refractivity contribution is 6.02. The molecule has 3 aromatic heterocycles. The fourth-order valence-electron chi connectivity index (χ4n) is 1.87. The molecule has 0 aliphatic rings. The average molecular weight is 325 g/mol. The third-order valence-electron chi connectivity index (χ3n) is 2.90. The molecule has 3 rings (SSSR count). The summed E-state index contributed by atoms with van der Waals surface area (Å²) < 4.78 is 18.5. The van der Waals surface area contributed by atoms with Crippen molar-refractivity contribution < 1.29 is 13.9 Å². The fourth-order valence-corrected chi connectivity index (χ4v) is 1.87. The van der Waals surface area contributed by atoms with Crippen LogP contribution in [0.5, 0.6) is 11.6 Å². The number of hydrogen-bond acceptors (Lipinski definition) is 6. The van der Waals surface area contributed by atoms with Crippen LogP contribution < -0.4 is 10.1 Å². The molecule has 0 fully saturated rings. The van der Waals surface area contributed by atoms with Gasteiger partial charge in [-0.25, -0.2) is 4.39 Å². The van der Waals surface area contributed by atoms with Gasteiger partial charge < -0.3 is 10.1 Å². The molecule has 3 aromatic rings. The van der Waals surface area contributed by atoms with Crippen LogP contribution in [0, 0.1) is 12.7 Å². The smallest absolute Gasteiger partial charge is 0.275 e. The molecule has 0 unspecified atom stereocenters. The second-order valence-corrected chi connectivity index (χ2v) is 4.86. The first-order valence-electron chi connectivity index (χ1n) is 6.94. The lowest BCUT2D eigenvalue weighted by atomic mass is 10.2. The summed E-state index contributed by atoms with van der Waals surface area (Å²) in [5.74, 6) is -0.497. The maximum Gasteiger partial charge on any atom is 0.275 e. The Morgan fingerprint density at radius 2 is 2.00 bits per heavy atom. The van der Waals surface area contributed by atoms with Crippen molar-refractivity contribution in [1.82, 2.24) is 19.9 Å². The largest absolute Gasteiger partial charge is 0.436 e. The molecule has 0 atom stereocenters. The fraction of sp³-hybridized carbons (Fsp3) is 0.0625. The number of nitrogens with one attached hydrogen (secondary N) is 1. The SMILES string of the molecule is Cc1ccnc(C(=O)Nc2cncc(Oc3cncc(F)c3)n2)c1. The van der Waals surface area contributed by atoms with Crippen LogP contribution in [0.25, 0.3) is 0 Å². The number of pyridine rings is 2. The van der Waals surface area contributed by atoms with Crippen LogP contribution >= 0.6 is 0 Å². The molecular formula is C16H12FN5O2. The summed E-state index contributed by atoms with van der Waals surface area (Å²) in [6.07, 6.45) is 6.65. The lowest BCUT2D eigenvalue weighted by Crippen LogP contribution is -2.15. The lowest BCUT2D eigenvalue weighted by molar-refractivity contribution is 0.102. The number of anilines is 1. The molecule has 0 saturated carbocycles. The van der Waals surface area contributed by atoms with Gasteiger partial charge in [-0.2, -0.15) is 4.98 Å². The van der Waals surface area contributed by atoms with Gasteiger partial charge in [0.1, 0.15) is 11.5 Å². The molecule has 0 radical (unpaired) electrons. The van der Waals surface area contributed by atoms with E-state index in [2.05, 4.69) is 25.3 Å². The summed E-state index contributed by atoms with van der Waals surface area (Å²) in [6, 6.07) is 4.61. The summed E-state index contributed by atoms with van der Waals surface area (Å²) in [5.41, 5.74) is 1.18. The molecule has 0 saturated heterocycles. The van der Waals surface area contributed by atoms with Crippen LogP contribution in [-0.4, -0.2) is 25.8 Å². The van der Waals surface area contributed by atoms with Gasteiger partial charge in [-0.1, -0.05) is 0 Å². The van der Waals surface area contributed by atoms with Crippen molar-refractivity contribution in [3.05, 3.63) is 66.3 Å². The maximum atomic E-state index is 13.1. The topological polar surface area (TPSA) is 89.9 Å². The minimum atomic E-state index is -0.532. The zero-order chi connectivity index (χ0) is 16.9. The first-order valence-corrected chi connectivity index (χ1v) is 6.94. The molecule has 24 heavy (non-hydrogen) atoms. The van der Waals surface area contributed by atoms with Gasteiger partial charge in [-0.05, 0) is 24.6 Å². The monoisotopic (exact) mass is 325 g/mol. The second kappa shape index (κ2) is 6.78. The molecule has 8 heteroatoms. The lowest BCUT2D eigenvalue weighted by Gasteiger charge is -2.07. The number of hydrogen-bond donors (Lipinski definition) is 1. The van der Waals surface area contributed by atoms with Gasteiger partial charge in [0, 0.05) is 12.3 Å². The van der Waals surface area contributed by atoms with Crippen molar-refractivity contribution in [3.8, 4) is 11.6 Å². The number of rotatable bonds is 4. The standard InChI is InChI=1S/C16H12FN5O2/c1-10-2-3-20-13(4-10)16(23)22-14-8-19-9-15(21-14)24-12-5-11(17)6-18-7-12/h2-9H,1H3,(H,21,22,23). The molecule has 0 aromatic carbocycles. The van der Waals surface area contributed by atoms with E-state index in [4.69, 9.17) is 4.74 Å². The van der Waals surface area contributed by atoms with Crippen LogP contribution in [0.4, 0.5) is 10.2 Å². The first-order chi connectivity index (χ1) is 11.6. The summed E-state index contributed by atoms with van der Waals surface area (Å²) in [4.78, 5) is 27.8. The van der Waals surface area contributed by atoms with E-state index < -0.39 is 11.7 Å². The van der Waals surface area contributed by atoms with Crippen molar-refractivity contribution >= 4 is 11.7 Å². The van der Waals surface area contributed by atoms with E-state index in [0.717, 1.165) is 17.8 Å². The van der Waals surface area contributed by atoms with E-state index in [1.807, 2.05) is 6.92 Å². The molecule has 1 N–H and O–H groups in total. The Bertz CT molecular complexity index is 888. The zero-order valence-electron chi connectivity index (χ0n) is 12.6. The maximum absolute atomic E-state index is 13.1. The summed E-state index contributed by atoms with van der Waals surface area (Å²) >= 11 is 0. The minimum Gasteiger partial charge on any atom is -0.436 e. The molecule has 0 spiro atoms. The van der Waals surface area contributed by atoms with Gasteiger partial charge in [-0.15, -0.1) is 0 Å². The van der Waals surface area contributed by atoms with Crippen LogP contribution in [-0.2, 0) is 0 Å². The van der Waals surface area contributed by atoms with E-state index in [1.165, 1.54) is 18.6 Å². The number of carbonyl (C=O) groups is 1. The van der Waals surface area contributed by atoms with Crippen molar-refractivity contribution in [2.24, 2.45) is 0 Å². The van der Waals surface area contributed by atoms with E-state index in [-0.39, 0.29) is 23.1 Å². The molecule has 0 aliphatic carbocycles. The Morgan fingerprint density at radius 3 is 2.79 bits per heavy atom. The summed E-state index contributed by atoms with van der Waals surface area (Å²) in [6.45, 7) is 1.86. The van der Waals surface area contributed by atoms with Gasteiger partial charge in [-0.3, -0.25) is 19.7 Å². The van der Waals surface area contributed by atoms with Gasteiger partial charge in [0.05, 0.1) is 24.8 Å². The van der Waals surface area contributed by atoms with Crippen LogP contribution in [0.1, 0.15) is 16.1 Å². The molecule has 1 amide bonds. The Hall–Kier alpha value is -3.42. The quantitative estimate of drug-likeness (QED) is 0.793. The highest BCUT2D eigenvalue weighted by atomic mass is 19.1. The zero-order valence-corrected chi connectivity index (χ0v) is 12.6. The second-order valence-electron chi connectivity index (χ2n) is 4.86. The number of aromatic nitrogens is 4. The number of aryl methyl sites for hydroxylation is 1. The third-order valence-corrected chi connectivity index (χ3v) is 2.90. The molecule has 120 valence electrons. The number of nitrogens with zero attached hydrogens (tertiary/aromatic N) is 4. The van der Waals surface area contributed by atoms with Crippen LogP contribution in [0.15, 0.2) is 49.2 Å². The van der Waals surface area contributed by atoms with Gasteiger partial charge in [0.2, 0.25) is 5.88 Å². The van der Waals surface area contributed by atoms with Crippen LogP contribution in [0.3, 0.4) is 0 Å². The van der Waals surface area contributed by atoms with E-state index in [9.17, 15) is 9.18 Å².